The van der Waals surface area contributed by atoms with Crippen LogP contribution >= 0.6 is 23.4 Å². The summed E-state index contributed by atoms with van der Waals surface area (Å²) in [6.45, 7) is 0.556. The first-order valence-electron chi connectivity index (χ1n) is 5.11. The van der Waals surface area contributed by atoms with Crippen LogP contribution in [0.3, 0.4) is 0 Å². The van der Waals surface area contributed by atoms with Gasteiger partial charge in [0.2, 0.25) is 5.91 Å². The van der Waals surface area contributed by atoms with Gasteiger partial charge in [-0.3, -0.25) is 14.5 Å². The largest absolute Gasteiger partial charge is 0.329 e. The lowest BCUT2D eigenvalue weighted by atomic mass is 10.1. The molecule has 0 saturated carbocycles. The van der Waals surface area contributed by atoms with Gasteiger partial charge >= 0.3 is 0 Å². The molecule has 1 unspecified atom stereocenters. The Morgan fingerprint density at radius 2 is 1.94 bits per heavy atom. The second-order valence-electron chi connectivity index (χ2n) is 3.59. The summed E-state index contributed by atoms with van der Waals surface area (Å²) in [6, 6.07) is 6.94. The highest BCUT2D eigenvalue weighted by Crippen LogP contribution is 2.39. The smallest absolute Gasteiger partial charge is 0.289 e. The van der Waals surface area contributed by atoms with Crippen molar-refractivity contribution in [3.05, 3.63) is 34.9 Å². The van der Waals surface area contributed by atoms with Gasteiger partial charge in [0.1, 0.15) is 5.25 Å². The van der Waals surface area contributed by atoms with Gasteiger partial charge in [-0.2, -0.15) is 0 Å². The molecule has 0 aromatic heterocycles. The van der Waals surface area contributed by atoms with Crippen LogP contribution in [0, 0.1) is 0 Å². The maximum Gasteiger partial charge on any atom is 0.289 e. The van der Waals surface area contributed by atoms with Gasteiger partial charge < -0.3 is 5.73 Å². The van der Waals surface area contributed by atoms with Gasteiger partial charge in [0, 0.05) is 18.1 Å². The van der Waals surface area contributed by atoms with Crippen LogP contribution in [-0.4, -0.2) is 29.1 Å². The van der Waals surface area contributed by atoms with Crippen molar-refractivity contribution in [1.82, 2.24) is 4.90 Å². The van der Waals surface area contributed by atoms with E-state index in [0.29, 0.717) is 5.02 Å². The maximum atomic E-state index is 12.0. The van der Waals surface area contributed by atoms with Gasteiger partial charge in [-0.25, -0.2) is 0 Å². The molecule has 2 amide bonds. The van der Waals surface area contributed by atoms with Gasteiger partial charge in [0.15, 0.2) is 0 Å². The van der Waals surface area contributed by atoms with Crippen LogP contribution in [0.15, 0.2) is 24.3 Å². The molecule has 17 heavy (non-hydrogen) atoms. The van der Waals surface area contributed by atoms with Crippen molar-refractivity contribution < 1.29 is 9.59 Å². The summed E-state index contributed by atoms with van der Waals surface area (Å²) in [7, 11) is 0. The lowest BCUT2D eigenvalue weighted by Crippen LogP contribution is -2.34. The first-order chi connectivity index (χ1) is 8.13. The molecule has 1 aromatic carbocycles. The number of rotatable bonds is 3. The van der Waals surface area contributed by atoms with E-state index >= 15 is 0 Å². The van der Waals surface area contributed by atoms with Crippen molar-refractivity contribution in [1.29, 1.82) is 0 Å². The monoisotopic (exact) mass is 270 g/mol. The number of thioether (sulfide) groups is 1. The molecule has 1 aromatic rings. The predicted octanol–water partition coefficient (Wildman–Crippen LogP) is 2.04. The van der Waals surface area contributed by atoms with Crippen molar-refractivity contribution in [2.24, 2.45) is 5.73 Å². The minimum absolute atomic E-state index is 0.201. The summed E-state index contributed by atoms with van der Waals surface area (Å²) in [5, 5.41) is -0.0962. The van der Waals surface area contributed by atoms with Gasteiger partial charge in [0.25, 0.3) is 5.24 Å². The summed E-state index contributed by atoms with van der Waals surface area (Å²) >= 11 is 6.80. The summed E-state index contributed by atoms with van der Waals surface area (Å²) < 4.78 is 0. The van der Waals surface area contributed by atoms with Gasteiger partial charge in [-0.1, -0.05) is 23.7 Å². The predicted molar refractivity (Wildman–Crippen MR) is 67.9 cm³/mol. The van der Waals surface area contributed by atoms with Crippen molar-refractivity contribution in [2.45, 2.75) is 5.25 Å². The van der Waals surface area contributed by atoms with Crippen molar-refractivity contribution in [3.63, 3.8) is 0 Å². The third kappa shape index (κ3) is 2.46. The van der Waals surface area contributed by atoms with Crippen molar-refractivity contribution in [2.75, 3.05) is 13.1 Å². The number of nitrogens with two attached hydrogens (primary N) is 1. The molecule has 2 rings (SSSR count). The lowest BCUT2D eigenvalue weighted by Gasteiger charge is -2.12. The summed E-state index contributed by atoms with van der Waals surface area (Å²) in [4.78, 5) is 24.8. The van der Waals surface area contributed by atoms with Crippen LogP contribution < -0.4 is 5.73 Å². The van der Waals surface area contributed by atoms with Crippen LogP contribution in [-0.2, 0) is 4.79 Å². The van der Waals surface area contributed by atoms with E-state index in [9.17, 15) is 9.59 Å². The number of hydrogen-bond donors (Lipinski definition) is 1. The summed E-state index contributed by atoms with van der Waals surface area (Å²) in [5.41, 5.74) is 6.15. The molecule has 6 heteroatoms. The van der Waals surface area contributed by atoms with Gasteiger partial charge in [-0.05, 0) is 29.5 Å². The molecule has 1 aliphatic heterocycles. The van der Waals surface area contributed by atoms with Crippen molar-refractivity contribution >= 4 is 34.5 Å². The van der Waals surface area contributed by atoms with E-state index in [1.165, 1.54) is 4.90 Å². The first-order valence-corrected chi connectivity index (χ1v) is 6.37. The summed E-state index contributed by atoms with van der Waals surface area (Å²) in [5.74, 6) is -0.201. The van der Waals surface area contributed by atoms with Crippen LogP contribution in [0.1, 0.15) is 10.8 Å². The Labute approximate surface area is 108 Å². The van der Waals surface area contributed by atoms with E-state index < -0.39 is 5.25 Å². The van der Waals surface area contributed by atoms with Crippen molar-refractivity contribution in [3.8, 4) is 0 Å². The molecule has 4 nitrogen and oxygen atoms in total. The fourth-order valence-corrected chi connectivity index (χ4v) is 2.78. The highest BCUT2D eigenvalue weighted by molar-refractivity contribution is 8.14. The van der Waals surface area contributed by atoms with Crippen LogP contribution in [0.25, 0.3) is 0 Å². The Balaban J connectivity index is 2.21. The SMILES string of the molecule is NCCN1C(=O)SC(c2ccc(Cl)cc2)C1=O. The number of hydrogen-bond acceptors (Lipinski definition) is 4. The molecule has 1 aliphatic rings. The standard InChI is InChI=1S/C11H11ClN2O2S/c12-8-3-1-7(2-4-8)9-10(15)14(6-5-13)11(16)17-9/h1-4,9H,5-6,13H2. The zero-order valence-corrected chi connectivity index (χ0v) is 10.5. The molecule has 0 aliphatic carbocycles. The number of halogens is 1. The minimum atomic E-state index is -0.466. The van der Waals surface area contributed by atoms with Crippen LogP contribution in [0.5, 0.6) is 0 Å². The lowest BCUT2D eigenvalue weighted by molar-refractivity contribution is -0.126. The fourth-order valence-electron chi connectivity index (χ4n) is 1.63. The Morgan fingerprint density at radius 1 is 1.29 bits per heavy atom. The number of nitrogens with zero attached hydrogens (tertiary/aromatic N) is 1. The van der Waals surface area contributed by atoms with E-state index in [1.807, 2.05) is 0 Å². The molecular formula is C11H11ClN2O2S. The number of amides is 2. The highest BCUT2D eigenvalue weighted by Gasteiger charge is 2.39. The topological polar surface area (TPSA) is 63.4 Å². The van der Waals surface area contributed by atoms with Gasteiger partial charge in [-0.15, -0.1) is 0 Å². The second kappa shape index (κ2) is 5.08. The Morgan fingerprint density at radius 3 is 2.53 bits per heavy atom. The average molecular weight is 271 g/mol. The zero-order chi connectivity index (χ0) is 12.4. The van der Waals surface area contributed by atoms with E-state index in [0.717, 1.165) is 17.3 Å². The van der Waals surface area contributed by atoms with E-state index in [1.54, 1.807) is 24.3 Å². The number of carbonyl (C=O) groups is 2. The molecule has 0 radical (unpaired) electrons. The van der Waals surface area contributed by atoms with Gasteiger partial charge in [0.05, 0.1) is 0 Å². The molecule has 1 atom stereocenters. The molecular weight excluding hydrogens is 260 g/mol. The second-order valence-corrected chi connectivity index (χ2v) is 5.09. The average Bonchev–Trinajstić information content (AvgIpc) is 2.59. The Kier molecular flexibility index (Phi) is 3.71. The number of imide groups is 1. The molecule has 1 heterocycles. The quantitative estimate of drug-likeness (QED) is 0.913. The molecule has 1 fully saturated rings. The third-order valence-electron chi connectivity index (χ3n) is 2.45. The zero-order valence-electron chi connectivity index (χ0n) is 8.93. The Bertz CT molecular complexity index is 449. The number of carbonyl (C=O) groups excluding carboxylic acids is 2. The minimum Gasteiger partial charge on any atom is -0.329 e. The van der Waals surface area contributed by atoms with E-state index in [2.05, 4.69) is 0 Å². The maximum absolute atomic E-state index is 12.0. The van der Waals surface area contributed by atoms with E-state index in [-0.39, 0.29) is 24.2 Å². The molecule has 0 spiro atoms. The third-order valence-corrected chi connectivity index (χ3v) is 3.84. The van der Waals surface area contributed by atoms with Crippen LogP contribution in [0.4, 0.5) is 4.79 Å². The molecule has 2 N–H and O–H groups in total. The normalized spacial score (nSPS) is 20.1. The first kappa shape index (κ1) is 12.4. The molecule has 90 valence electrons. The molecule has 0 bridgehead atoms. The molecule has 1 saturated heterocycles. The fraction of sp³-hybridized carbons (Fsp3) is 0.273. The number of benzene rings is 1. The van der Waals surface area contributed by atoms with E-state index in [4.69, 9.17) is 17.3 Å². The van der Waals surface area contributed by atoms with Crippen LogP contribution in [0.2, 0.25) is 5.02 Å². The Hall–Kier alpha value is -1.04. The summed E-state index contributed by atoms with van der Waals surface area (Å²) in [6.07, 6.45) is 0. The highest BCUT2D eigenvalue weighted by atomic mass is 35.5.